The summed E-state index contributed by atoms with van der Waals surface area (Å²) in [6, 6.07) is 0.387. The second kappa shape index (κ2) is 9.57. The number of methoxy groups -OCH3 is 1. The maximum atomic E-state index is 11.7. The van der Waals surface area contributed by atoms with Gasteiger partial charge in [0.1, 0.15) is 0 Å². The Morgan fingerprint density at radius 3 is 2.62 bits per heavy atom. The molecule has 0 bridgehead atoms. The minimum Gasteiger partial charge on any atom is -0.395 e. The molecule has 0 saturated heterocycles. The number of aliphatic hydroxyl groups excluding tert-OH is 1. The SMILES string of the molecule is COCCN(CCO)C(=O)CCNC(C)C. The quantitative estimate of drug-likeness (QED) is 0.580. The minimum absolute atomic E-state index is 0.00688. The van der Waals surface area contributed by atoms with E-state index in [9.17, 15) is 4.79 Å². The Bertz CT molecular complexity index is 186. The van der Waals surface area contributed by atoms with Crippen LogP contribution in [0.3, 0.4) is 0 Å². The Morgan fingerprint density at radius 2 is 2.12 bits per heavy atom. The monoisotopic (exact) mass is 232 g/mol. The molecule has 5 heteroatoms. The van der Waals surface area contributed by atoms with Gasteiger partial charge in [0.05, 0.1) is 13.2 Å². The third-order valence-electron chi connectivity index (χ3n) is 2.18. The molecule has 1 amide bonds. The van der Waals surface area contributed by atoms with Crippen molar-refractivity contribution in [2.45, 2.75) is 26.3 Å². The number of nitrogens with zero attached hydrogens (tertiary/aromatic N) is 1. The molecule has 0 unspecified atom stereocenters. The Kier molecular flexibility index (Phi) is 9.18. The molecule has 0 aliphatic rings. The lowest BCUT2D eigenvalue weighted by Gasteiger charge is -2.21. The maximum absolute atomic E-state index is 11.7. The van der Waals surface area contributed by atoms with Crippen LogP contribution in [0.5, 0.6) is 0 Å². The van der Waals surface area contributed by atoms with Gasteiger partial charge in [-0.1, -0.05) is 13.8 Å². The standard InChI is InChI=1S/C11H24N2O3/c1-10(2)12-5-4-11(15)13(6-8-14)7-9-16-3/h10,12,14H,4-9H2,1-3H3. The number of amides is 1. The molecule has 0 aromatic carbocycles. The number of rotatable bonds is 9. The number of carbonyl (C=O) groups is 1. The van der Waals surface area contributed by atoms with E-state index in [-0.39, 0.29) is 12.5 Å². The Morgan fingerprint density at radius 1 is 1.44 bits per heavy atom. The molecule has 0 fully saturated rings. The first-order valence-electron chi connectivity index (χ1n) is 5.72. The van der Waals surface area contributed by atoms with Crippen molar-refractivity contribution in [2.75, 3.05) is 40.0 Å². The normalized spacial score (nSPS) is 10.8. The highest BCUT2D eigenvalue weighted by atomic mass is 16.5. The lowest BCUT2D eigenvalue weighted by Crippen LogP contribution is -2.38. The first-order valence-corrected chi connectivity index (χ1v) is 5.72. The molecular weight excluding hydrogens is 208 g/mol. The molecule has 0 aliphatic carbocycles. The van der Waals surface area contributed by atoms with Crippen LogP contribution in [0.1, 0.15) is 20.3 Å². The third-order valence-corrected chi connectivity index (χ3v) is 2.18. The van der Waals surface area contributed by atoms with Crippen molar-refractivity contribution in [2.24, 2.45) is 0 Å². The highest BCUT2D eigenvalue weighted by molar-refractivity contribution is 5.76. The van der Waals surface area contributed by atoms with E-state index in [1.165, 1.54) is 0 Å². The van der Waals surface area contributed by atoms with Crippen LogP contribution in [0.25, 0.3) is 0 Å². The first kappa shape index (κ1) is 15.3. The number of carbonyl (C=O) groups excluding carboxylic acids is 1. The van der Waals surface area contributed by atoms with E-state index in [0.29, 0.717) is 38.7 Å². The van der Waals surface area contributed by atoms with Gasteiger partial charge in [-0.15, -0.1) is 0 Å². The molecule has 2 N–H and O–H groups in total. The van der Waals surface area contributed by atoms with Crippen molar-refractivity contribution in [1.82, 2.24) is 10.2 Å². The average Bonchev–Trinajstić information content (AvgIpc) is 2.23. The zero-order chi connectivity index (χ0) is 12.4. The fraction of sp³-hybridized carbons (Fsp3) is 0.909. The summed E-state index contributed by atoms with van der Waals surface area (Å²) < 4.78 is 4.92. The van der Waals surface area contributed by atoms with Crippen LogP contribution in [0.2, 0.25) is 0 Å². The van der Waals surface area contributed by atoms with Crippen molar-refractivity contribution in [3.8, 4) is 0 Å². The van der Waals surface area contributed by atoms with E-state index < -0.39 is 0 Å². The molecule has 0 rings (SSSR count). The van der Waals surface area contributed by atoms with Gasteiger partial charge in [0, 0.05) is 39.2 Å². The molecule has 5 nitrogen and oxygen atoms in total. The van der Waals surface area contributed by atoms with Crippen molar-refractivity contribution >= 4 is 5.91 Å². The van der Waals surface area contributed by atoms with Gasteiger partial charge < -0.3 is 20.1 Å². The van der Waals surface area contributed by atoms with Crippen molar-refractivity contribution in [3.63, 3.8) is 0 Å². The van der Waals surface area contributed by atoms with E-state index >= 15 is 0 Å². The minimum atomic E-state index is -0.00688. The van der Waals surface area contributed by atoms with E-state index in [1.54, 1.807) is 12.0 Å². The van der Waals surface area contributed by atoms with Crippen LogP contribution in [0.15, 0.2) is 0 Å². The molecule has 0 aromatic rings. The van der Waals surface area contributed by atoms with Crippen molar-refractivity contribution in [3.05, 3.63) is 0 Å². The van der Waals surface area contributed by atoms with Crippen LogP contribution >= 0.6 is 0 Å². The molecule has 0 radical (unpaired) electrons. The predicted octanol–water partition coefficient (Wildman–Crippen LogP) is -0.158. The van der Waals surface area contributed by atoms with Crippen molar-refractivity contribution in [1.29, 1.82) is 0 Å². The van der Waals surface area contributed by atoms with Crippen molar-refractivity contribution < 1.29 is 14.6 Å². The van der Waals surface area contributed by atoms with E-state index in [2.05, 4.69) is 5.32 Å². The maximum Gasteiger partial charge on any atom is 0.224 e. The summed E-state index contributed by atoms with van der Waals surface area (Å²) in [5, 5.41) is 12.0. The Balaban J connectivity index is 3.86. The first-order chi connectivity index (χ1) is 7.61. The summed E-state index contributed by atoms with van der Waals surface area (Å²) >= 11 is 0. The van der Waals surface area contributed by atoms with Gasteiger partial charge in [0.15, 0.2) is 0 Å². The molecular formula is C11H24N2O3. The number of hydrogen-bond acceptors (Lipinski definition) is 4. The summed E-state index contributed by atoms with van der Waals surface area (Å²) in [4.78, 5) is 13.4. The molecule has 96 valence electrons. The van der Waals surface area contributed by atoms with Crippen LogP contribution < -0.4 is 5.32 Å². The summed E-state index contributed by atoms with van der Waals surface area (Å²) in [5.41, 5.74) is 0. The molecule has 0 aliphatic heterocycles. The lowest BCUT2D eigenvalue weighted by molar-refractivity contribution is -0.132. The van der Waals surface area contributed by atoms with Gasteiger partial charge >= 0.3 is 0 Å². The zero-order valence-corrected chi connectivity index (χ0v) is 10.5. The molecule has 0 aromatic heterocycles. The molecule has 16 heavy (non-hydrogen) atoms. The smallest absolute Gasteiger partial charge is 0.224 e. The predicted molar refractivity (Wildman–Crippen MR) is 63.3 cm³/mol. The number of ether oxygens (including phenoxy) is 1. The molecule has 0 atom stereocenters. The summed E-state index contributed by atoms with van der Waals surface area (Å²) in [5.74, 6) is 0.0549. The fourth-order valence-corrected chi connectivity index (χ4v) is 1.31. The topological polar surface area (TPSA) is 61.8 Å². The molecule has 0 heterocycles. The highest BCUT2D eigenvalue weighted by Crippen LogP contribution is 1.94. The summed E-state index contributed by atoms with van der Waals surface area (Å²) in [6.45, 7) is 6.17. The van der Waals surface area contributed by atoms with Crippen LogP contribution in [-0.2, 0) is 9.53 Å². The average molecular weight is 232 g/mol. The van der Waals surface area contributed by atoms with Gasteiger partial charge in [-0.2, -0.15) is 0 Å². The highest BCUT2D eigenvalue weighted by Gasteiger charge is 2.11. The number of hydrogen-bond donors (Lipinski definition) is 2. The van der Waals surface area contributed by atoms with Gasteiger partial charge in [-0.25, -0.2) is 0 Å². The second-order valence-corrected chi connectivity index (χ2v) is 3.96. The second-order valence-electron chi connectivity index (χ2n) is 3.96. The van der Waals surface area contributed by atoms with Gasteiger partial charge in [-0.3, -0.25) is 4.79 Å². The van der Waals surface area contributed by atoms with Crippen LogP contribution in [0.4, 0.5) is 0 Å². The molecule has 0 saturated carbocycles. The van der Waals surface area contributed by atoms with Gasteiger partial charge in [0.2, 0.25) is 5.91 Å². The fourth-order valence-electron chi connectivity index (χ4n) is 1.31. The van der Waals surface area contributed by atoms with Gasteiger partial charge in [0.25, 0.3) is 0 Å². The van der Waals surface area contributed by atoms with E-state index in [1.807, 2.05) is 13.8 Å². The Hall–Kier alpha value is -0.650. The molecule has 0 spiro atoms. The van der Waals surface area contributed by atoms with Crippen LogP contribution in [-0.4, -0.2) is 61.9 Å². The largest absolute Gasteiger partial charge is 0.395 e. The lowest BCUT2D eigenvalue weighted by atomic mass is 10.3. The van der Waals surface area contributed by atoms with E-state index in [0.717, 1.165) is 0 Å². The Labute approximate surface area is 97.8 Å². The summed E-state index contributed by atoms with van der Waals surface area (Å²) in [6.07, 6.45) is 0.460. The van der Waals surface area contributed by atoms with Crippen LogP contribution in [0, 0.1) is 0 Å². The zero-order valence-electron chi connectivity index (χ0n) is 10.5. The van der Waals surface area contributed by atoms with E-state index in [4.69, 9.17) is 9.84 Å². The van der Waals surface area contributed by atoms with Gasteiger partial charge in [-0.05, 0) is 0 Å². The third kappa shape index (κ3) is 7.62. The number of aliphatic hydroxyl groups is 1. The number of nitrogens with one attached hydrogen (secondary N) is 1. The summed E-state index contributed by atoms with van der Waals surface area (Å²) in [7, 11) is 1.60.